The number of para-hydroxylation sites is 1. The molecule has 0 saturated carbocycles. The maximum Gasteiger partial charge on any atom is 0.326 e. The highest BCUT2D eigenvalue weighted by molar-refractivity contribution is 6.30. The lowest BCUT2D eigenvalue weighted by Gasteiger charge is -2.29. The number of benzene rings is 2. The minimum Gasteiger partial charge on any atom is -0.480 e. The van der Waals surface area contributed by atoms with Gasteiger partial charge >= 0.3 is 5.97 Å². The molecule has 1 aliphatic rings. The SMILES string of the molecule is Cc1cccc(C)c1N(CC(=O)N1CCC[C@H]1C(=O)O)C(=O)c1ccc(Cl)cc1. The number of hydrogen-bond acceptors (Lipinski definition) is 3. The number of carbonyl (C=O) groups is 3. The molecular formula is C22H23ClN2O4. The fourth-order valence-corrected chi connectivity index (χ4v) is 3.91. The first-order valence-corrected chi connectivity index (χ1v) is 9.83. The van der Waals surface area contributed by atoms with E-state index in [1.54, 1.807) is 24.3 Å². The van der Waals surface area contributed by atoms with Gasteiger partial charge in [-0.3, -0.25) is 14.5 Å². The molecule has 1 heterocycles. The summed E-state index contributed by atoms with van der Waals surface area (Å²) in [6.07, 6.45) is 1.06. The molecule has 2 aromatic carbocycles. The molecule has 3 rings (SSSR count). The molecule has 0 radical (unpaired) electrons. The van der Waals surface area contributed by atoms with E-state index < -0.39 is 12.0 Å². The van der Waals surface area contributed by atoms with Gasteiger partial charge in [-0.25, -0.2) is 4.79 Å². The van der Waals surface area contributed by atoms with Gasteiger partial charge in [0.1, 0.15) is 12.6 Å². The number of hydrogen-bond donors (Lipinski definition) is 1. The van der Waals surface area contributed by atoms with Gasteiger partial charge in [0.25, 0.3) is 5.91 Å². The summed E-state index contributed by atoms with van der Waals surface area (Å²) in [6.45, 7) is 3.91. The van der Waals surface area contributed by atoms with Crippen molar-refractivity contribution in [1.82, 2.24) is 4.90 Å². The molecule has 0 unspecified atom stereocenters. The first kappa shape index (κ1) is 20.9. The molecule has 0 aliphatic carbocycles. The summed E-state index contributed by atoms with van der Waals surface area (Å²) in [7, 11) is 0. The molecule has 29 heavy (non-hydrogen) atoms. The zero-order valence-electron chi connectivity index (χ0n) is 16.4. The van der Waals surface area contributed by atoms with Gasteiger partial charge in [0, 0.05) is 17.1 Å². The van der Waals surface area contributed by atoms with Crippen LogP contribution in [-0.4, -0.2) is 46.9 Å². The second-order valence-corrected chi connectivity index (χ2v) is 7.66. The van der Waals surface area contributed by atoms with Gasteiger partial charge in [0.15, 0.2) is 0 Å². The van der Waals surface area contributed by atoms with Gasteiger partial charge in [0.2, 0.25) is 5.91 Å². The third-order valence-electron chi connectivity index (χ3n) is 5.20. The second kappa shape index (κ2) is 8.66. The average Bonchev–Trinajstić information content (AvgIpc) is 3.17. The van der Waals surface area contributed by atoms with E-state index >= 15 is 0 Å². The highest BCUT2D eigenvalue weighted by Gasteiger charge is 2.35. The molecule has 1 atom stereocenters. The Morgan fingerprint density at radius 2 is 1.72 bits per heavy atom. The molecule has 0 bridgehead atoms. The predicted molar refractivity (Wildman–Crippen MR) is 111 cm³/mol. The van der Waals surface area contributed by atoms with Gasteiger partial charge in [-0.1, -0.05) is 29.8 Å². The Morgan fingerprint density at radius 3 is 2.31 bits per heavy atom. The number of aryl methyl sites for hydroxylation is 2. The third kappa shape index (κ3) is 4.43. The predicted octanol–water partition coefficient (Wildman–Crippen LogP) is 3.68. The fourth-order valence-electron chi connectivity index (χ4n) is 3.78. The monoisotopic (exact) mass is 414 g/mol. The molecule has 2 aromatic rings. The van der Waals surface area contributed by atoms with Crippen molar-refractivity contribution < 1.29 is 19.5 Å². The van der Waals surface area contributed by atoms with Crippen molar-refractivity contribution in [1.29, 1.82) is 0 Å². The summed E-state index contributed by atoms with van der Waals surface area (Å²) in [5.41, 5.74) is 2.78. The van der Waals surface area contributed by atoms with E-state index in [0.29, 0.717) is 35.7 Å². The Hall–Kier alpha value is -2.86. The summed E-state index contributed by atoms with van der Waals surface area (Å²) in [6, 6.07) is 11.3. The van der Waals surface area contributed by atoms with Crippen LogP contribution in [0, 0.1) is 13.8 Å². The molecule has 0 aromatic heterocycles. The number of aliphatic carboxylic acids is 1. The van der Waals surface area contributed by atoms with Gasteiger partial charge in [-0.15, -0.1) is 0 Å². The van der Waals surface area contributed by atoms with Crippen LogP contribution in [0.25, 0.3) is 0 Å². The Bertz CT molecular complexity index is 922. The molecule has 152 valence electrons. The van der Waals surface area contributed by atoms with Crippen LogP contribution < -0.4 is 4.90 Å². The van der Waals surface area contributed by atoms with E-state index in [9.17, 15) is 19.5 Å². The molecule has 2 amide bonds. The van der Waals surface area contributed by atoms with Crippen LogP contribution >= 0.6 is 11.6 Å². The normalized spacial score (nSPS) is 16.0. The quantitative estimate of drug-likeness (QED) is 0.809. The minimum absolute atomic E-state index is 0.225. The van der Waals surface area contributed by atoms with Crippen molar-refractivity contribution in [3.05, 3.63) is 64.2 Å². The topological polar surface area (TPSA) is 77.9 Å². The number of carboxylic acid groups (broad SMARTS) is 1. The lowest BCUT2D eigenvalue weighted by atomic mass is 10.1. The first-order valence-electron chi connectivity index (χ1n) is 9.45. The van der Waals surface area contributed by atoms with Crippen molar-refractivity contribution in [2.45, 2.75) is 32.7 Å². The van der Waals surface area contributed by atoms with Crippen molar-refractivity contribution in [2.24, 2.45) is 0 Å². The number of likely N-dealkylation sites (tertiary alicyclic amines) is 1. The molecule has 7 heteroatoms. The van der Waals surface area contributed by atoms with Gasteiger partial charge < -0.3 is 10.0 Å². The lowest BCUT2D eigenvalue weighted by Crippen LogP contribution is -2.47. The Kier molecular flexibility index (Phi) is 6.23. The highest BCUT2D eigenvalue weighted by Crippen LogP contribution is 2.27. The minimum atomic E-state index is -1.02. The average molecular weight is 415 g/mol. The van der Waals surface area contributed by atoms with Crippen molar-refractivity contribution in [2.75, 3.05) is 18.0 Å². The van der Waals surface area contributed by atoms with Crippen molar-refractivity contribution in [3.8, 4) is 0 Å². The molecule has 1 aliphatic heterocycles. The number of nitrogens with zero attached hydrogens (tertiary/aromatic N) is 2. The lowest BCUT2D eigenvalue weighted by molar-refractivity contribution is -0.147. The summed E-state index contributed by atoms with van der Waals surface area (Å²) in [5, 5.41) is 9.91. The Labute approximate surface area is 174 Å². The summed E-state index contributed by atoms with van der Waals surface area (Å²) in [5.74, 6) is -1.73. The van der Waals surface area contributed by atoms with Gasteiger partial charge in [-0.05, 0) is 62.1 Å². The van der Waals surface area contributed by atoms with Crippen LogP contribution in [-0.2, 0) is 9.59 Å². The number of amides is 2. The molecule has 1 fully saturated rings. The van der Waals surface area contributed by atoms with E-state index in [1.807, 2.05) is 32.0 Å². The number of halogens is 1. The highest BCUT2D eigenvalue weighted by atomic mass is 35.5. The largest absolute Gasteiger partial charge is 0.480 e. The second-order valence-electron chi connectivity index (χ2n) is 7.22. The Balaban J connectivity index is 1.97. The zero-order chi connectivity index (χ0) is 21.1. The van der Waals surface area contributed by atoms with E-state index in [4.69, 9.17) is 11.6 Å². The number of carbonyl (C=O) groups excluding carboxylic acids is 2. The Morgan fingerprint density at radius 1 is 1.10 bits per heavy atom. The maximum atomic E-state index is 13.3. The van der Waals surface area contributed by atoms with E-state index in [-0.39, 0.29) is 18.4 Å². The van der Waals surface area contributed by atoms with Crippen LogP contribution in [0.5, 0.6) is 0 Å². The standard InChI is InChI=1S/C22H23ClN2O4/c1-14-5-3-6-15(2)20(14)25(21(27)16-8-10-17(23)11-9-16)13-19(26)24-12-4-7-18(24)22(28)29/h3,5-6,8-11,18H,4,7,12-13H2,1-2H3,(H,28,29)/t18-/m0/s1. The van der Waals surface area contributed by atoms with E-state index in [1.165, 1.54) is 9.80 Å². The summed E-state index contributed by atoms with van der Waals surface area (Å²) in [4.78, 5) is 40.6. The summed E-state index contributed by atoms with van der Waals surface area (Å²) >= 11 is 5.94. The molecular weight excluding hydrogens is 392 g/mol. The number of rotatable bonds is 5. The molecule has 0 spiro atoms. The molecule has 6 nitrogen and oxygen atoms in total. The van der Waals surface area contributed by atoms with E-state index in [2.05, 4.69) is 0 Å². The van der Waals surface area contributed by atoms with Crippen molar-refractivity contribution >= 4 is 35.1 Å². The third-order valence-corrected chi connectivity index (χ3v) is 5.45. The van der Waals surface area contributed by atoms with Crippen LogP contribution in [0.2, 0.25) is 5.02 Å². The maximum absolute atomic E-state index is 13.3. The first-order chi connectivity index (χ1) is 13.8. The van der Waals surface area contributed by atoms with Crippen LogP contribution in [0.1, 0.15) is 34.3 Å². The fraction of sp³-hybridized carbons (Fsp3) is 0.318. The summed E-state index contributed by atoms with van der Waals surface area (Å²) < 4.78 is 0. The van der Waals surface area contributed by atoms with Gasteiger partial charge in [0.05, 0.1) is 5.69 Å². The molecule has 1 N–H and O–H groups in total. The van der Waals surface area contributed by atoms with Crippen LogP contribution in [0.4, 0.5) is 5.69 Å². The number of carboxylic acids is 1. The van der Waals surface area contributed by atoms with Crippen molar-refractivity contribution in [3.63, 3.8) is 0 Å². The smallest absolute Gasteiger partial charge is 0.326 e. The van der Waals surface area contributed by atoms with E-state index in [0.717, 1.165) is 11.1 Å². The molecule has 1 saturated heterocycles. The van der Waals surface area contributed by atoms with Crippen LogP contribution in [0.15, 0.2) is 42.5 Å². The zero-order valence-corrected chi connectivity index (χ0v) is 17.1. The van der Waals surface area contributed by atoms with Gasteiger partial charge in [-0.2, -0.15) is 0 Å². The van der Waals surface area contributed by atoms with Crippen LogP contribution in [0.3, 0.4) is 0 Å². The number of anilines is 1.